The van der Waals surface area contributed by atoms with E-state index in [9.17, 15) is 9.59 Å². The van der Waals surface area contributed by atoms with Gasteiger partial charge in [0, 0.05) is 47.8 Å². The zero-order valence-electron chi connectivity index (χ0n) is 28.8. The van der Waals surface area contributed by atoms with E-state index in [1.165, 1.54) is 5.39 Å². The number of Topliss-reactive ketones (excluding diaryl/α,β-unsaturated/α-hetero) is 2. The lowest BCUT2D eigenvalue weighted by atomic mass is 9.63. The molecule has 1 heterocycles. The van der Waals surface area contributed by atoms with E-state index >= 15 is 0 Å². The van der Waals surface area contributed by atoms with Crippen molar-refractivity contribution in [3.8, 4) is 11.5 Å². The fraction of sp³-hybridized carbons (Fsp3) is 0.349. The van der Waals surface area contributed by atoms with Crippen molar-refractivity contribution in [2.24, 2.45) is 10.8 Å². The average molecular weight is 640 g/mol. The van der Waals surface area contributed by atoms with E-state index in [0.717, 1.165) is 57.5 Å². The van der Waals surface area contributed by atoms with Crippen LogP contribution in [-0.4, -0.2) is 23.1 Å². The molecule has 2 aliphatic carbocycles. The Morgan fingerprint density at radius 3 is 1.98 bits per heavy atom. The number of benzene rings is 4. The minimum absolute atomic E-state index is 0.128. The van der Waals surface area contributed by atoms with E-state index in [1.54, 1.807) is 0 Å². The molecule has 5 heteroatoms. The molecule has 5 nitrogen and oxygen atoms in total. The lowest BCUT2D eigenvalue weighted by Crippen LogP contribution is -2.44. The highest BCUT2D eigenvalue weighted by Gasteiger charge is 2.49. The Labute approximate surface area is 284 Å². The first-order valence-electron chi connectivity index (χ1n) is 17.2. The summed E-state index contributed by atoms with van der Waals surface area (Å²) in [6, 6.07) is 31.0. The largest absolute Gasteiger partial charge is 0.490 e. The summed E-state index contributed by atoms with van der Waals surface area (Å²) in [4.78, 5) is 30.9. The molecule has 7 rings (SSSR count). The quantitative estimate of drug-likeness (QED) is 0.192. The maximum absolute atomic E-state index is 14.3. The highest BCUT2D eigenvalue weighted by atomic mass is 16.5. The predicted octanol–water partition coefficient (Wildman–Crippen LogP) is 9.70. The van der Waals surface area contributed by atoms with Gasteiger partial charge in [-0.25, -0.2) is 0 Å². The van der Waals surface area contributed by atoms with Gasteiger partial charge in [0.25, 0.3) is 0 Å². The van der Waals surface area contributed by atoms with E-state index in [4.69, 9.17) is 9.47 Å². The Morgan fingerprint density at radius 1 is 0.688 bits per heavy atom. The molecule has 3 aliphatic rings. The van der Waals surface area contributed by atoms with Crippen molar-refractivity contribution < 1.29 is 19.1 Å². The van der Waals surface area contributed by atoms with E-state index < -0.39 is 5.92 Å². The van der Waals surface area contributed by atoms with Crippen molar-refractivity contribution in [2.45, 2.75) is 79.4 Å². The van der Waals surface area contributed by atoms with E-state index in [-0.39, 0.29) is 22.4 Å². The standard InChI is InChI=1S/C43H45NO4/c1-6-47-38-21-30(19-20-37(38)48-27-31-17-12-16-29-15-10-11-18-32(29)31)39-40-33(22-42(2,3)24-35(40)45)44(26-28-13-8-7-9-14-28)34-23-43(4,5)25-36(46)41(34)39/h7-21,39H,6,22-27H2,1-5H3. The van der Waals surface area contributed by atoms with Crippen molar-refractivity contribution in [3.63, 3.8) is 0 Å². The zero-order valence-corrected chi connectivity index (χ0v) is 28.8. The summed E-state index contributed by atoms with van der Waals surface area (Å²) >= 11 is 0. The van der Waals surface area contributed by atoms with Gasteiger partial charge < -0.3 is 14.4 Å². The first-order valence-corrected chi connectivity index (χ1v) is 17.2. The monoisotopic (exact) mass is 639 g/mol. The molecule has 0 unspecified atom stereocenters. The van der Waals surface area contributed by atoms with Gasteiger partial charge in [-0.3, -0.25) is 9.59 Å². The summed E-state index contributed by atoms with van der Waals surface area (Å²) in [5.41, 5.74) is 6.44. The van der Waals surface area contributed by atoms with Crippen LogP contribution in [0.4, 0.5) is 0 Å². The number of hydrogen-bond donors (Lipinski definition) is 0. The molecule has 0 saturated carbocycles. The summed E-state index contributed by atoms with van der Waals surface area (Å²) < 4.78 is 12.6. The van der Waals surface area contributed by atoms with Crippen LogP contribution in [0.5, 0.6) is 11.5 Å². The molecule has 0 spiro atoms. The maximum Gasteiger partial charge on any atom is 0.162 e. The maximum atomic E-state index is 14.3. The Balaban J connectivity index is 1.34. The minimum atomic E-state index is -0.444. The van der Waals surface area contributed by atoms with Crippen molar-refractivity contribution >= 4 is 22.3 Å². The molecule has 4 aromatic carbocycles. The van der Waals surface area contributed by atoms with Gasteiger partial charge in [0.05, 0.1) is 6.61 Å². The second-order valence-electron chi connectivity index (χ2n) is 15.2. The zero-order chi connectivity index (χ0) is 33.6. The van der Waals surface area contributed by atoms with Crippen molar-refractivity contribution in [2.75, 3.05) is 6.61 Å². The van der Waals surface area contributed by atoms with Crippen molar-refractivity contribution in [1.29, 1.82) is 0 Å². The summed E-state index contributed by atoms with van der Waals surface area (Å²) in [7, 11) is 0. The smallest absolute Gasteiger partial charge is 0.162 e. The van der Waals surface area contributed by atoms with Crippen LogP contribution in [0, 0.1) is 10.8 Å². The average Bonchev–Trinajstić information content (AvgIpc) is 3.04. The topological polar surface area (TPSA) is 55.8 Å². The number of rotatable bonds is 8. The van der Waals surface area contributed by atoms with Gasteiger partial charge >= 0.3 is 0 Å². The number of allylic oxidation sites excluding steroid dienone is 4. The van der Waals surface area contributed by atoms with E-state index in [1.807, 2.05) is 43.3 Å². The fourth-order valence-electron chi connectivity index (χ4n) is 8.00. The Bertz CT molecular complexity index is 1910. The van der Waals surface area contributed by atoms with Gasteiger partial charge in [-0.15, -0.1) is 0 Å². The van der Waals surface area contributed by atoms with Crippen LogP contribution in [0.25, 0.3) is 10.8 Å². The van der Waals surface area contributed by atoms with Crippen LogP contribution in [0.15, 0.2) is 114 Å². The number of ketones is 2. The summed E-state index contributed by atoms with van der Waals surface area (Å²) in [5, 5.41) is 2.33. The second-order valence-corrected chi connectivity index (χ2v) is 15.2. The second kappa shape index (κ2) is 12.4. The molecule has 0 amide bonds. The fourth-order valence-corrected chi connectivity index (χ4v) is 8.00. The molecule has 4 aromatic rings. The number of carbonyl (C=O) groups excluding carboxylic acids is 2. The van der Waals surface area contributed by atoms with Gasteiger partial charge in [0.15, 0.2) is 23.1 Å². The van der Waals surface area contributed by atoms with E-state index in [2.05, 4.69) is 87.2 Å². The van der Waals surface area contributed by atoms with Gasteiger partial charge in [0.1, 0.15) is 6.61 Å². The number of nitrogens with zero attached hydrogens (tertiary/aromatic N) is 1. The highest BCUT2D eigenvalue weighted by molar-refractivity contribution is 6.06. The molecular formula is C43H45NO4. The first-order chi connectivity index (χ1) is 23.0. The molecule has 0 radical (unpaired) electrons. The van der Waals surface area contributed by atoms with Gasteiger partial charge in [-0.1, -0.05) is 107 Å². The Morgan fingerprint density at radius 2 is 1.31 bits per heavy atom. The molecule has 0 aromatic heterocycles. The van der Waals surface area contributed by atoms with Crippen LogP contribution in [-0.2, 0) is 22.7 Å². The summed E-state index contributed by atoms with van der Waals surface area (Å²) in [6.07, 6.45) is 2.45. The molecule has 0 atom stereocenters. The highest BCUT2D eigenvalue weighted by Crippen LogP contribution is 2.55. The van der Waals surface area contributed by atoms with Crippen molar-refractivity contribution in [3.05, 3.63) is 130 Å². The molecule has 0 fully saturated rings. The Kier molecular flexibility index (Phi) is 8.27. The van der Waals surface area contributed by atoms with Crippen LogP contribution >= 0.6 is 0 Å². The SMILES string of the molecule is CCOc1cc(C2C3=C(CC(C)(C)CC3=O)N(Cc3ccccc3)C3=C2C(=O)CC(C)(C)C3)ccc1OCc1cccc2ccccc12. The van der Waals surface area contributed by atoms with Crippen LogP contribution in [0.1, 0.15) is 82.9 Å². The van der Waals surface area contributed by atoms with Crippen LogP contribution < -0.4 is 9.47 Å². The number of hydrogen-bond acceptors (Lipinski definition) is 5. The number of ether oxygens (including phenoxy) is 2. The molecule has 1 aliphatic heterocycles. The summed E-state index contributed by atoms with van der Waals surface area (Å²) in [6.45, 7) is 12.2. The summed E-state index contributed by atoms with van der Waals surface area (Å²) in [5.74, 6) is 1.08. The molecular weight excluding hydrogens is 594 g/mol. The minimum Gasteiger partial charge on any atom is -0.490 e. The van der Waals surface area contributed by atoms with Gasteiger partial charge in [-0.05, 0) is 70.2 Å². The first kappa shape index (κ1) is 31.9. The third-order valence-corrected chi connectivity index (χ3v) is 10.1. The number of fused-ring (bicyclic) bond motifs is 1. The van der Waals surface area contributed by atoms with E-state index in [0.29, 0.717) is 44.1 Å². The third-order valence-electron chi connectivity index (χ3n) is 10.1. The van der Waals surface area contributed by atoms with Crippen molar-refractivity contribution in [1.82, 2.24) is 4.90 Å². The predicted molar refractivity (Wildman–Crippen MR) is 191 cm³/mol. The molecule has 0 N–H and O–H groups in total. The molecule has 48 heavy (non-hydrogen) atoms. The number of carbonyl (C=O) groups is 2. The molecule has 0 saturated heterocycles. The Hall–Kier alpha value is -4.64. The van der Waals surface area contributed by atoms with Crippen LogP contribution in [0.2, 0.25) is 0 Å². The van der Waals surface area contributed by atoms with Gasteiger partial charge in [-0.2, -0.15) is 0 Å². The molecule has 0 bridgehead atoms. The lowest BCUT2D eigenvalue weighted by molar-refractivity contribution is -0.119. The van der Waals surface area contributed by atoms with Crippen LogP contribution in [0.3, 0.4) is 0 Å². The lowest BCUT2D eigenvalue weighted by Gasteiger charge is -2.49. The van der Waals surface area contributed by atoms with Gasteiger partial charge in [0.2, 0.25) is 0 Å². The molecule has 246 valence electrons. The third kappa shape index (κ3) is 6.07. The normalized spacial score (nSPS) is 19.0.